The number of carbonyl (C=O) groups excluding carboxylic acids is 2. The first-order valence-corrected chi connectivity index (χ1v) is 11.0. The highest BCUT2D eigenvalue weighted by molar-refractivity contribution is 6.06. The van der Waals surface area contributed by atoms with E-state index in [1.54, 1.807) is 53.8 Å². The van der Waals surface area contributed by atoms with Crippen molar-refractivity contribution in [3.8, 4) is 17.3 Å². The second-order valence-corrected chi connectivity index (χ2v) is 8.51. The van der Waals surface area contributed by atoms with Gasteiger partial charge in [0.25, 0.3) is 5.91 Å². The minimum Gasteiger partial charge on any atom is -0.496 e. The topological polar surface area (TPSA) is 124 Å². The molecule has 34 heavy (non-hydrogen) atoms. The molecule has 11 heteroatoms. The zero-order valence-electron chi connectivity index (χ0n) is 19.8. The van der Waals surface area contributed by atoms with E-state index >= 15 is 0 Å². The van der Waals surface area contributed by atoms with Gasteiger partial charge in [-0.2, -0.15) is 0 Å². The minimum absolute atomic E-state index is 0.0538. The molecule has 178 valence electrons. The Morgan fingerprint density at radius 2 is 1.82 bits per heavy atom. The number of fused-ring (bicyclic) bond motifs is 1. The van der Waals surface area contributed by atoms with E-state index in [0.29, 0.717) is 41.7 Å². The summed E-state index contributed by atoms with van der Waals surface area (Å²) < 4.78 is 12.4. The molecular formula is C23H27N7O4. The summed E-state index contributed by atoms with van der Waals surface area (Å²) in [6.07, 6.45) is -0.596. The van der Waals surface area contributed by atoms with Crippen molar-refractivity contribution in [3.63, 3.8) is 0 Å². The maximum absolute atomic E-state index is 13.1. The first kappa shape index (κ1) is 23.1. The average Bonchev–Trinajstić information content (AvgIpc) is 3.45. The Hall–Kier alpha value is -4.02. The van der Waals surface area contributed by atoms with E-state index < -0.39 is 0 Å². The van der Waals surface area contributed by atoms with Crippen molar-refractivity contribution in [2.75, 3.05) is 12.4 Å². The summed E-state index contributed by atoms with van der Waals surface area (Å²) in [6, 6.07) is 8.83. The third-order valence-electron chi connectivity index (χ3n) is 5.29. The Labute approximate surface area is 197 Å². The molecule has 3 aromatic rings. The van der Waals surface area contributed by atoms with E-state index in [9.17, 15) is 9.59 Å². The summed E-state index contributed by atoms with van der Waals surface area (Å²) >= 11 is 0. The Bertz CT molecular complexity index is 1220. The lowest BCUT2D eigenvalue weighted by Crippen LogP contribution is -2.28. The highest BCUT2D eigenvalue weighted by Crippen LogP contribution is 2.31. The predicted octanol–water partition coefficient (Wildman–Crippen LogP) is 3.44. The molecule has 0 spiro atoms. The molecule has 0 fully saturated rings. The number of carbonyl (C=O) groups is 2. The number of pyridine rings is 1. The van der Waals surface area contributed by atoms with Crippen LogP contribution in [-0.2, 0) is 17.8 Å². The summed E-state index contributed by atoms with van der Waals surface area (Å²) in [7, 11) is 1.50. The lowest BCUT2D eigenvalue weighted by molar-refractivity contribution is 0.0760. The summed E-state index contributed by atoms with van der Waals surface area (Å²) in [5.41, 5.74) is 2.66. The molecule has 3 heterocycles. The first-order valence-electron chi connectivity index (χ1n) is 11.0. The van der Waals surface area contributed by atoms with Gasteiger partial charge in [-0.1, -0.05) is 6.07 Å². The number of amides is 2. The zero-order valence-corrected chi connectivity index (χ0v) is 19.8. The summed E-state index contributed by atoms with van der Waals surface area (Å²) in [5.74, 6) is 0.895. The Morgan fingerprint density at radius 3 is 2.50 bits per heavy atom. The quantitative estimate of drug-likeness (QED) is 0.587. The van der Waals surface area contributed by atoms with Crippen LogP contribution in [0.5, 0.6) is 5.75 Å². The van der Waals surface area contributed by atoms with Gasteiger partial charge in [0.15, 0.2) is 0 Å². The van der Waals surface area contributed by atoms with E-state index in [1.165, 1.54) is 7.11 Å². The molecule has 0 bridgehead atoms. The van der Waals surface area contributed by atoms with E-state index in [4.69, 9.17) is 9.47 Å². The summed E-state index contributed by atoms with van der Waals surface area (Å²) in [5, 5.41) is 14.6. The van der Waals surface area contributed by atoms with Gasteiger partial charge >= 0.3 is 6.09 Å². The number of aromatic nitrogens is 5. The van der Waals surface area contributed by atoms with Gasteiger partial charge in [-0.3, -0.25) is 9.69 Å². The van der Waals surface area contributed by atoms with Gasteiger partial charge in [0, 0.05) is 13.1 Å². The van der Waals surface area contributed by atoms with Crippen LogP contribution < -0.4 is 10.1 Å². The monoisotopic (exact) mass is 465 g/mol. The van der Waals surface area contributed by atoms with E-state index in [2.05, 4.69) is 25.8 Å². The third-order valence-corrected chi connectivity index (χ3v) is 5.29. The van der Waals surface area contributed by atoms with Crippen LogP contribution in [0, 0.1) is 0 Å². The van der Waals surface area contributed by atoms with Crippen LogP contribution in [0.15, 0.2) is 30.3 Å². The van der Waals surface area contributed by atoms with Crippen molar-refractivity contribution in [3.05, 3.63) is 47.0 Å². The number of rotatable bonds is 6. The molecule has 2 amide bonds. The number of tetrazole rings is 1. The maximum atomic E-state index is 13.1. The molecule has 1 aromatic carbocycles. The highest BCUT2D eigenvalue weighted by atomic mass is 16.6. The molecule has 1 aliphatic rings. The molecule has 0 saturated carbocycles. The third kappa shape index (κ3) is 4.68. The largest absolute Gasteiger partial charge is 0.496 e. The Kier molecular flexibility index (Phi) is 6.44. The van der Waals surface area contributed by atoms with Crippen LogP contribution in [-0.4, -0.2) is 55.3 Å². The van der Waals surface area contributed by atoms with Crippen molar-refractivity contribution in [1.29, 1.82) is 0 Å². The Morgan fingerprint density at radius 1 is 1.09 bits per heavy atom. The van der Waals surface area contributed by atoms with Crippen LogP contribution in [0.4, 0.5) is 10.6 Å². The molecule has 1 aliphatic heterocycles. The fourth-order valence-electron chi connectivity index (χ4n) is 3.70. The normalized spacial score (nSPS) is 12.7. The van der Waals surface area contributed by atoms with Gasteiger partial charge in [-0.05, 0) is 73.5 Å². The van der Waals surface area contributed by atoms with Gasteiger partial charge < -0.3 is 14.8 Å². The van der Waals surface area contributed by atoms with Gasteiger partial charge in [-0.25, -0.2) is 14.5 Å². The van der Waals surface area contributed by atoms with Gasteiger partial charge in [0.1, 0.15) is 17.3 Å². The van der Waals surface area contributed by atoms with Crippen LogP contribution >= 0.6 is 0 Å². The molecule has 0 radical (unpaired) electrons. The first-order chi connectivity index (χ1) is 16.3. The van der Waals surface area contributed by atoms with E-state index in [-0.39, 0.29) is 24.1 Å². The van der Waals surface area contributed by atoms with Crippen LogP contribution in [0.1, 0.15) is 55.2 Å². The minimum atomic E-state index is -0.388. The molecule has 2 aromatic heterocycles. The van der Waals surface area contributed by atoms with Crippen LogP contribution in [0.3, 0.4) is 0 Å². The fraction of sp³-hybridized carbons (Fsp3) is 0.391. The van der Waals surface area contributed by atoms with Crippen molar-refractivity contribution in [2.45, 2.75) is 52.9 Å². The lowest BCUT2D eigenvalue weighted by atomic mass is 10.0. The summed E-state index contributed by atoms with van der Waals surface area (Å²) in [6.45, 7) is 8.30. The molecular weight excluding hydrogens is 438 g/mol. The fourth-order valence-corrected chi connectivity index (χ4v) is 3.70. The summed E-state index contributed by atoms with van der Waals surface area (Å²) in [4.78, 5) is 31.6. The highest BCUT2D eigenvalue weighted by Gasteiger charge is 2.28. The lowest BCUT2D eigenvalue weighted by Gasteiger charge is -2.17. The standard InChI is InChI=1S/C23H27N7O4/c1-13(2)30-21(26-27-28-30)18-7-6-8-20(24-18)25-22(31)17-9-15-11-29(23(32)34-14(3)4)12-16(15)10-19(17)33-5/h6-10,13-14H,11-12H2,1-5H3,(H,24,25,31). The predicted molar refractivity (Wildman–Crippen MR) is 123 cm³/mol. The average molecular weight is 466 g/mol. The second kappa shape index (κ2) is 9.46. The number of hydrogen-bond acceptors (Lipinski definition) is 8. The molecule has 4 rings (SSSR count). The Balaban J connectivity index is 1.56. The number of benzene rings is 1. The van der Waals surface area contributed by atoms with Crippen LogP contribution in [0.2, 0.25) is 0 Å². The molecule has 1 N–H and O–H groups in total. The SMILES string of the molecule is COc1cc2c(cc1C(=O)Nc1cccc(-c3nnnn3C(C)C)n1)CN(C(=O)OC(C)C)C2. The van der Waals surface area contributed by atoms with Gasteiger partial charge in [0.2, 0.25) is 5.82 Å². The maximum Gasteiger partial charge on any atom is 0.410 e. The van der Waals surface area contributed by atoms with Gasteiger partial charge in [-0.15, -0.1) is 5.10 Å². The molecule has 0 aliphatic carbocycles. The smallest absolute Gasteiger partial charge is 0.410 e. The molecule has 0 unspecified atom stereocenters. The number of nitrogens with one attached hydrogen (secondary N) is 1. The van der Waals surface area contributed by atoms with E-state index in [0.717, 1.165) is 11.1 Å². The number of methoxy groups -OCH3 is 1. The van der Waals surface area contributed by atoms with E-state index in [1.807, 2.05) is 13.8 Å². The van der Waals surface area contributed by atoms with Crippen molar-refractivity contribution in [1.82, 2.24) is 30.1 Å². The van der Waals surface area contributed by atoms with Crippen molar-refractivity contribution < 1.29 is 19.1 Å². The number of hydrogen-bond donors (Lipinski definition) is 1. The van der Waals surface area contributed by atoms with Crippen LogP contribution in [0.25, 0.3) is 11.5 Å². The second-order valence-electron chi connectivity index (χ2n) is 8.51. The molecule has 11 nitrogen and oxygen atoms in total. The number of ether oxygens (including phenoxy) is 2. The number of nitrogens with zero attached hydrogens (tertiary/aromatic N) is 6. The van der Waals surface area contributed by atoms with Crippen molar-refractivity contribution >= 4 is 17.8 Å². The van der Waals surface area contributed by atoms with Crippen molar-refractivity contribution in [2.24, 2.45) is 0 Å². The molecule has 0 atom stereocenters. The van der Waals surface area contributed by atoms with Gasteiger partial charge in [0.05, 0.1) is 24.8 Å². The number of anilines is 1. The molecule has 0 saturated heterocycles. The zero-order chi connectivity index (χ0) is 24.4.